The van der Waals surface area contributed by atoms with Crippen LogP contribution in [0.25, 0.3) is 0 Å². The third-order valence-electron chi connectivity index (χ3n) is 2.87. The number of carbonyl (C=O) groups is 3. The molecule has 0 aromatic heterocycles. The summed E-state index contributed by atoms with van der Waals surface area (Å²) in [6.07, 6.45) is 0. The summed E-state index contributed by atoms with van der Waals surface area (Å²) < 4.78 is 13.6. The normalized spacial score (nSPS) is 13.8. The van der Waals surface area contributed by atoms with Crippen LogP contribution in [0.5, 0.6) is 0 Å². The summed E-state index contributed by atoms with van der Waals surface area (Å²) in [5.41, 5.74) is 0.493. The number of amides is 4. The Balaban J connectivity index is 2.00. The van der Waals surface area contributed by atoms with Gasteiger partial charge in [-0.1, -0.05) is 0 Å². The van der Waals surface area contributed by atoms with Gasteiger partial charge in [-0.15, -0.1) is 0 Å². The average Bonchev–Trinajstić information content (AvgIpc) is 2.85. The molecule has 2 rings (SSSR count). The van der Waals surface area contributed by atoms with Crippen molar-refractivity contribution in [1.29, 1.82) is 0 Å². The largest absolute Gasteiger partial charge is 0.374 e. The van der Waals surface area contributed by atoms with E-state index in [1.165, 1.54) is 25.1 Å². The van der Waals surface area contributed by atoms with Gasteiger partial charge < -0.3 is 16.0 Å². The molecule has 21 heavy (non-hydrogen) atoms. The number of carbonyl (C=O) groups excluding carboxylic acids is 3. The van der Waals surface area contributed by atoms with Crippen LogP contribution in [-0.4, -0.2) is 42.4 Å². The van der Waals surface area contributed by atoms with Crippen molar-refractivity contribution in [2.75, 3.05) is 30.3 Å². The van der Waals surface area contributed by atoms with Gasteiger partial charge in [0, 0.05) is 25.7 Å². The maximum absolute atomic E-state index is 13.6. The first-order valence-electron chi connectivity index (χ1n) is 6.36. The Hall–Kier alpha value is -2.64. The standard InChI is InChI=1S/C13H15FN4O3/c1-8(19)17-9-2-3-10(14)11(6-9)16-7-12(20)18-5-4-15-13(18)21/h2-3,6,16H,4-5,7H2,1H3,(H,15,21)(H,17,19). The highest BCUT2D eigenvalue weighted by molar-refractivity contribution is 5.97. The summed E-state index contributed by atoms with van der Waals surface area (Å²) in [5.74, 6) is -1.28. The molecule has 3 N–H and O–H groups in total. The van der Waals surface area contributed by atoms with E-state index in [4.69, 9.17) is 0 Å². The minimum Gasteiger partial charge on any atom is -0.374 e. The van der Waals surface area contributed by atoms with Gasteiger partial charge in [-0.2, -0.15) is 0 Å². The zero-order valence-electron chi connectivity index (χ0n) is 11.4. The molecule has 0 bridgehead atoms. The van der Waals surface area contributed by atoms with Gasteiger partial charge in [-0.25, -0.2) is 9.18 Å². The molecule has 112 valence electrons. The Morgan fingerprint density at radius 2 is 2.19 bits per heavy atom. The predicted octanol–water partition coefficient (Wildman–Crippen LogP) is 0.748. The van der Waals surface area contributed by atoms with Crippen LogP contribution < -0.4 is 16.0 Å². The molecule has 1 aliphatic rings. The fourth-order valence-electron chi connectivity index (χ4n) is 1.92. The SMILES string of the molecule is CC(=O)Nc1ccc(F)c(NCC(=O)N2CCNC2=O)c1. The molecule has 0 unspecified atom stereocenters. The van der Waals surface area contributed by atoms with Gasteiger partial charge in [0.05, 0.1) is 12.2 Å². The molecule has 4 amide bonds. The van der Waals surface area contributed by atoms with E-state index in [2.05, 4.69) is 16.0 Å². The molecule has 0 saturated carbocycles. The zero-order valence-corrected chi connectivity index (χ0v) is 11.4. The third-order valence-corrected chi connectivity index (χ3v) is 2.87. The van der Waals surface area contributed by atoms with Crippen molar-refractivity contribution in [3.8, 4) is 0 Å². The van der Waals surface area contributed by atoms with Gasteiger partial charge in [0.1, 0.15) is 5.82 Å². The van der Waals surface area contributed by atoms with E-state index in [0.29, 0.717) is 18.8 Å². The molecule has 7 nitrogen and oxygen atoms in total. The topological polar surface area (TPSA) is 90.5 Å². The van der Waals surface area contributed by atoms with Gasteiger partial charge in [0.15, 0.2) is 0 Å². The first kappa shape index (κ1) is 14.8. The highest BCUT2D eigenvalue weighted by atomic mass is 19.1. The lowest BCUT2D eigenvalue weighted by atomic mass is 10.2. The molecule has 1 saturated heterocycles. The van der Waals surface area contributed by atoms with Crippen LogP contribution in [0, 0.1) is 5.82 Å². The second kappa shape index (κ2) is 6.21. The fourth-order valence-corrected chi connectivity index (χ4v) is 1.92. The Bertz CT molecular complexity index is 591. The summed E-state index contributed by atoms with van der Waals surface area (Å²) in [7, 11) is 0. The molecule has 0 atom stereocenters. The smallest absolute Gasteiger partial charge is 0.324 e. The lowest BCUT2D eigenvalue weighted by Gasteiger charge is -2.14. The van der Waals surface area contributed by atoms with Crippen molar-refractivity contribution in [2.45, 2.75) is 6.92 Å². The number of hydrogen-bond acceptors (Lipinski definition) is 4. The maximum Gasteiger partial charge on any atom is 0.324 e. The molecule has 8 heteroatoms. The molecule has 0 radical (unpaired) electrons. The molecule has 1 fully saturated rings. The Morgan fingerprint density at radius 3 is 2.81 bits per heavy atom. The first-order valence-corrected chi connectivity index (χ1v) is 6.36. The van der Waals surface area contributed by atoms with Crippen LogP contribution in [0.1, 0.15) is 6.92 Å². The number of imide groups is 1. The monoisotopic (exact) mass is 294 g/mol. The average molecular weight is 294 g/mol. The van der Waals surface area contributed by atoms with Gasteiger partial charge in [-0.05, 0) is 18.2 Å². The summed E-state index contributed by atoms with van der Waals surface area (Å²) >= 11 is 0. The summed E-state index contributed by atoms with van der Waals surface area (Å²) in [4.78, 5) is 35.1. The molecule has 1 aliphatic heterocycles. The van der Waals surface area contributed by atoms with E-state index in [1.54, 1.807) is 0 Å². The van der Waals surface area contributed by atoms with E-state index in [-0.39, 0.29) is 18.1 Å². The minimum absolute atomic E-state index is 0.0780. The molecule has 0 spiro atoms. The number of urea groups is 1. The van der Waals surface area contributed by atoms with E-state index in [0.717, 1.165) is 4.90 Å². The fraction of sp³-hybridized carbons (Fsp3) is 0.308. The third kappa shape index (κ3) is 3.68. The lowest BCUT2D eigenvalue weighted by Crippen LogP contribution is -2.38. The van der Waals surface area contributed by atoms with Crippen molar-refractivity contribution in [2.24, 2.45) is 0 Å². The number of hydrogen-bond donors (Lipinski definition) is 3. The van der Waals surface area contributed by atoms with Crippen LogP contribution in [0.4, 0.5) is 20.6 Å². The Morgan fingerprint density at radius 1 is 1.43 bits per heavy atom. The maximum atomic E-state index is 13.6. The van der Waals surface area contributed by atoms with Crippen LogP contribution in [0.15, 0.2) is 18.2 Å². The van der Waals surface area contributed by atoms with Gasteiger partial charge >= 0.3 is 6.03 Å². The number of nitrogens with zero attached hydrogens (tertiary/aromatic N) is 1. The number of halogens is 1. The number of nitrogens with one attached hydrogen (secondary N) is 3. The summed E-state index contributed by atoms with van der Waals surface area (Å²) in [5, 5.41) is 7.65. The van der Waals surface area contributed by atoms with Crippen molar-refractivity contribution < 1.29 is 18.8 Å². The molecular weight excluding hydrogens is 279 g/mol. The highest BCUT2D eigenvalue weighted by Crippen LogP contribution is 2.19. The molecule has 1 aromatic rings. The van der Waals surface area contributed by atoms with E-state index >= 15 is 0 Å². The zero-order chi connectivity index (χ0) is 15.4. The second-order valence-electron chi connectivity index (χ2n) is 4.51. The van der Waals surface area contributed by atoms with Gasteiger partial charge in [-0.3, -0.25) is 14.5 Å². The van der Waals surface area contributed by atoms with Crippen molar-refractivity contribution >= 4 is 29.2 Å². The highest BCUT2D eigenvalue weighted by Gasteiger charge is 2.25. The quantitative estimate of drug-likeness (QED) is 0.764. The lowest BCUT2D eigenvalue weighted by molar-refractivity contribution is -0.125. The molecule has 0 aliphatic carbocycles. The number of benzene rings is 1. The van der Waals surface area contributed by atoms with Crippen LogP contribution >= 0.6 is 0 Å². The van der Waals surface area contributed by atoms with Crippen LogP contribution in [0.3, 0.4) is 0 Å². The van der Waals surface area contributed by atoms with Crippen molar-refractivity contribution in [3.63, 3.8) is 0 Å². The van der Waals surface area contributed by atoms with E-state index < -0.39 is 17.8 Å². The second-order valence-corrected chi connectivity index (χ2v) is 4.51. The number of anilines is 2. The van der Waals surface area contributed by atoms with Crippen molar-refractivity contribution in [3.05, 3.63) is 24.0 Å². The van der Waals surface area contributed by atoms with E-state index in [1.807, 2.05) is 0 Å². The summed E-state index contributed by atoms with van der Waals surface area (Å²) in [6, 6.07) is 3.53. The van der Waals surface area contributed by atoms with Crippen LogP contribution in [0.2, 0.25) is 0 Å². The van der Waals surface area contributed by atoms with Crippen LogP contribution in [-0.2, 0) is 9.59 Å². The molecule has 1 aromatic carbocycles. The van der Waals surface area contributed by atoms with E-state index in [9.17, 15) is 18.8 Å². The van der Waals surface area contributed by atoms with Gasteiger partial charge in [0.2, 0.25) is 11.8 Å². The van der Waals surface area contributed by atoms with Crippen molar-refractivity contribution in [1.82, 2.24) is 10.2 Å². The Labute approximate surface area is 120 Å². The number of rotatable bonds is 4. The molecular formula is C13H15FN4O3. The van der Waals surface area contributed by atoms with Gasteiger partial charge in [0.25, 0.3) is 0 Å². The summed E-state index contributed by atoms with van der Waals surface area (Å²) in [6.45, 7) is 1.84. The Kier molecular flexibility index (Phi) is 4.36. The predicted molar refractivity (Wildman–Crippen MR) is 74.3 cm³/mol. The minimum atomic E-state index is -0.553. The first-order chi connectivity index (χ1) is 9.97. The molecule has 1 heterocycles.